The number of hydrogen-bond donors (Lipinski definition) is 1. The third-order valence-electron chi connectivity index (χ3n) is 5.52. The Labute approximate surface area is 190 Å². The van der Waals surface area contributed by atoms with Gasteiger partial charge in [0, 0.05) is 11.3 Å². The number of aryl methyl sites for hydroxylation is 2. The molecule has 1 amide bonds. The number of anilines is 1. The number of rotatable bonds is 3. The maximum Gasteiger partial charge on any atom is 0.300 e. The molecule has 1 aliphatic rings. The van der Waals surface area contributed by atoms with E-state index in [9.17, 15) is 14.7 Å². The molecule has 6 heteroatoms. The molecule has 1 fully saturated rings. The fourth-order valence-corrected chi connectivity index (χ4v) is 4.02. The first-order valence-corrected chi connectivity index (χ1v) is 10.4. The van der Waals surface area contributed by atoms with Crippen molar-refractivity contribution in [2.45, 2.75) is 19.9 Å². The Hall–Kier alpha value is -3.08. The van der Waals surface area contributed by atoms with Crippen molar-refractivity contribution in [1.29, 1.82) is 0 Å². The molecule has 0 saturated carbocycles. The van der Waals surface area contributed by atoms with E-state index in [-0.39, 0.29) is 16.4 Å². The number of Topliss-reactive ketones (excluding diaryl/α,β-unsaturated/α-hetero) is 1. The van der Waals surface area contributed by atoms with Gasteiger partial charge in [0.25, 0.3) is 11.7 Å². The van der Waals surface area contributed by atoms with E-state index >= 15 is 0 Å². The molecular formula is C25H19Cl2NO3. The summed E-state index contributed by atoms with van der Waals surface area (Å²) in [5.74, 6) is -1.74. The van der Waals surface area contributed by atoms with Crippen molar-refractivity contribution in [3.8, 4) is 0 Å². The minimum Gasteiger partial charge on any atom is -0.507 e. The number of carbonyl (C=O) groups is 2. The van der Waals surface area contributed by atoms with Crippen LogP contribution in [0.15, 0.2) is 72.3 Å². The lowest BCUT2D eigenvalue weighted by Gasteiger charge is -2.26. The first-order chi connectivity index (χ1) is 14.8. The quantitative estimate of drug-likeness (QED) is 0.291. The molecule has 3 aromatic carbocycles. The Morgan fingerprint density at radius 3 is 2.23 bits per heavy atom. The zero-order chi connectivity index (χ0) is 22.3. The predicted molar refractivity (Wildman–Crippen MR) is 124 cm³/mol. The summed E-state index contributed by atoms with van der Waals surface area (Å²) in [5, 5.41) is 11.7. The molecule has 1 unspecified atom stereocenters. The summed E-state index contributed by atoms with van der Waals surface area (Å²) >= 11 is 12.1. The van der Waals surface area contributed by atoms with Gasteiger partial charge in [0.2, 0.25) is 0 Å². The highest BCUT2D eigenvalue weighted by molar-refractivity contribution is 6.51. The normalized spacial score (nSPS) is 17.9. The van der Waals surface area contributed by atoms with Gasteiger partial charge in [0.05, 0.1) is 21.7 Å². The van der Waals surface area contributed by atoms with Gasteiger partial charge >= 0.3 is 0 Å². The molecule has 1 saturated heterocycles. The highest BCUT2D eigenvalue weighted by atomic mass is 35.5. The van der Waals surface area contributed by atoms with Gasteiger partial charge in [-0.25, -0.2) is 0 Å². The molecule has 1 N–H and O–H groups in total. The summed E-state index contributed by atoms with van der Waals surface area (Å²) in [4.78, 5) is 27.7. The van der Waals surface area contributed by atoms with Gasteiger partial charge in [-0.05, 0) is 60.9 Å². The van der Waals surface area contributed by atoms with E-state index in [2.05, 4.69) is 0 Å². The monoisotopic (exact) mass is 451 g/mol. The second-order valence-electron chi connectivity index (χ2n) is 7.48. The highest BCUT2D eigenvalue weighted by Gasteiger charge is 2.47. The molecule has 0 aromatic heterocycles. The van der Waals surface area contributed by atoms with Crippen LogP contribution in [0, 0.1) is 13.8 Å². The third kappa shape index (κ3) is 3.73. The maximum absolute atomic E-state index is 13.1. The number of benzene rings is 3. The van der Waals surface area contributed by atoms with Crippen molar-refractivity contribution in [2.75, 3.05) is 4.90 Å². The van der Waals surface area contributed by atoms with E-state index in [0.29, 0.717) is 21.8 Å². The third-order valence-corrected chi connectivity index (χ3v) is 6.26. The molecule has 156 valence electrons. The molecular weight excluding hydrogens is 433 g/mol. The minimum absolute atomic E-state index is 0.00724. The number of halogens is 2. The van der Waals surface area contributed by atoms with E-state index < -0.39 is 17.7 Å². The zero-order valence-corrected chi connectivity index (χ0v) is 18.4. The highest BCUT2D eigenvalue weighted by Crippen LogP contribution is 2.42. The number of carbonyl (C=O) groups excluding carboxylic acids is 2. The largest absolute Gasteiger partial charge is 0.507 e. The summed E-state index contributed by atoms with van der Waals surface area (Å²) < 4.78 is 0. The standard InChI is InChI=1S/C25H19Cl2NO3/c1-14-8-10-18(12-15(14)2)28-22(16-6-4-3-5-7-16)21(24(30)25(28)31)23(29)17-9-11-19(26)20(27)13-17/h3-13,22,29H,1-2H3/b23-21+. The Morgan fingerprint density at radius 1 is 0.871 bits per heavy atom. The van der Waals surface area contributed by atoms with Crippen molar-refractivity contribution in [1.82, 2.24) is 0 Å². The first kappa shape index (κ1) is 21.2. The van der Waals surface area contributed by atoms with Crippen molar-refractivity contribution < 1.29 is 14.7 Å². The molecule has 4 rings (SSSR count). The summed E-state index contributed by atoms with van der Waals surface area (Å²) in [6.45, 7) is 3.93. The second kappa shape index (κ2) is 8.22. The Balaban J connectivity index is 1.95. The lowest BCUT2D eigenvalue weighted by molar-refractivity contribution is -0.132. The SMILES string of the molecule is Cc1ccc(N2C(=O)C(=O)/C(=C(/O)c3ccc(Cl)c(Cl)c3)C2c2ccccc2)cc1C. The van der Waals surface area contributed by atoms with Crippen LogP contribution in [0.2, 0.25) is 10.0 Å². The van der Waals surface area contributed by atoms with E-state index in [1.807, 2.05) is 62.4 Å². The number of aliphatic hydroxyl groups excluding tert-OH is 1. The van der Waals surface area contributed by atoms with Crippen LogP contribution in [0.25, 0.3) is 5.76 Å². The van der Waals surface area contributed by atoms with Crippen LogP contribution in [-0.2, 0) is 9.59 Å². The van der Waals surface area contributed by atoms with Gasteiger partial charge in [0.15, 0.2) is 0 Å². The van der Waals surface area contributed by atoms with Crippen LogP contribution in [0.1, 0.15) is 28.3 Å². The molecule has 1 heterocycles. The van der Waals surface area contributed by atoms with Gasteiger partial charge < -0.3 is 5.11 Å². The zero-order valence-electron chi connectivity index (χ0n) is 16.9. The fourth-order valence-electron chi connectivity index (χ4n) is 3.72. The summed E-state index contributed by atoms with van der Waals surface area (Å²) in [6.07, 6.45) is 0. The summed E-state index contributed by atoms with van der Waals surface area (Å²) in [7, 11) is 0. The minimum atomic E-state index is -0.780. The van der Waals surface area contributed by atoms with Crippen LogP contribution >= 0.6 is 23.2 Å². The summed E-state index contributed by atoms with van der Waals surface area (Å²) in [5.41, 5.74) is 3.69. The van der Waals surface area contributed by atoms with Gasteiger partial charge in [0.1, 0.15) is 5.76 Å². The van der Waals surface area contributed by atoms with Gasteiger partial charge in [-0.3, -0.25) is 14.5 Å². The van der Waals surface area contributed by atoms with Gasteiger partial charge in [-0.1, -0.05) is 59.6 Å². The van der Waals surface area contributed by atoms with Crippen LogP contribution in [0.3, 0.4) is 0 Å². The van der Waals surface area contributed by atoms with Gasteiger partial charge in [-0.2, -0.15) is 0 Å². The van der Waals surface area contributed by atoms with E-state index in [4.69, 9.17) is 23.2 Å². The lowest BCUT2D eigenvalue weighted by Crippen LogP contribution is -2.29. The average molecular weight is 452 g/mol. The van der Waals surface area contributed by atoms with Crippen LogP contribution < -0.4 is 4.90 Å². The first-order valence-electron chi connectivity index (χ1n) is 9.68. The van der Waals surface area contributed by atoms with Crippen LogP contribution in [0.5, 0.6) is 0 Å². The molecule has 31 heavy (non-hydrogen) atoms. The molecule has 1 aliphatic heterocycles. The Bertz CT molecular complexity index is 1230. The lowest BCUT2D eigenvalue weighted by atomic mass is 9.95. The molecule has 4 nitrogen and oxygen atoms in total. The van der Waals surface area contributed by atoms with E-state index in [0.717, 1.165) is 11.1 Å². The van der Waals surface area contributed by atoms with Crippen molar-refractivity contribution in [3.05, 3.63) is 105 Å². The predicted octanol–water partition coefficient (Wildman–Crippen LogP) is 6.24. The summed E-state index contributed by atoms with van der Waals surface area (Å²) in [6, 6.07) is 18.5. The number of amides is 1. The van der Waals surface area contributed by atoms with Crippen molar-refractivity contribution in [3.63, 3.8) is 0 Å². The average Bonchev–Trinajstić information content (AvgIpc) is 3.03. The smallest absolute Gasteiger partial charge is 0.300 e. The fraction of sp³-hybridized carbons (Fsp3) is 0.120. The van der Waals surface area contributed by atoms with Crippen molar-refractivity contribution >= 4 is 46.3 Å². The van der Waals surface area contributed by atoms with Gasteiger partial charge in [-0.15, -0.1) is 0 Å². The maximum atomic E-state index is 13.1. The number of ketones is 1. The number of aliphatic hydroxyl groups is 1. The molecule has 1 atom stereocenters. The molecule has 3 aromatic rings. The van der Waals surface area contributed by atoms with E-state index in [1.165, 1.54) is 17.0 Å². The molecule has 0 bridgehead atoms. The molecule has 0 aliphatic carbocycles. The Kier molecular flexibility index (Phi) is 5.61. The topological polar surface area (TPSA) is 57.6 Å². The van der Waals surface area contributed by atoms with E-state index in [1.54, 1.807) is 6.07 Å². The molecule has 0 spiro atoms. The number of nitrogens with zero attached hydrogens (tertiary/aromatic N) is 1. The second-order valence-corrected chi connectivity index (χ2v) is 8.29. The van der Waals surface area contributed by atoms with Crippen LogP contribution in [-0.4, -0.2) is 16.8 Å². The number of hydrogen-bond acceptors (Lipinski definition) is 3. The molecule has 0 radical (unpaired) electrons. The van der Waals surface area contributed by atoms with Crippen molar-refractivity contribution in [2.24, 2.45) is 0 Å². The van der Waals surface area contributed by atoms with Crippen LogP contribution in [0.4, 0.5) is 5.69 Å². The Morgan fingerprint density at radius 2 is 1.58 bits per heavy atom.